The van der Waals surface area contributed by atoms with Crippen LogP contribution in [-0.2, 0) is 11.2 Å². The van der Waals surface area contributed by atoms with Crippen molar-refractivity contribution in [3.8, 4) is 11.9 Å². The number of benzene rings is 2. The molecule has 36 heavy (non-hydrogen) atoms. The van der Waals surface area contributed by atoms with Gasteiger partial charge in [0.1, 0.15) is 17.3 Å². The number of rotatable bonds is 5. The van der Waals surface area contributed by atoms with Gasteiger partial charge in [0, 0.05) is 18.2 Å². The zero-order valence-corrected chi connectivity index (χ0v) is 20.1. The van der Waals surface area contributed by atoms with Crippen molar-refractivity contribution in [2.75, 3.05) is 5.32 Å². The number of amides is 1. The highest BCUT2D eigenvalue weighted by atomic mass is 16.1. The lowest BCUT2D eigenvalue weighted by Gasteiger charge is -2.13. The van der Waals surface area contributed by atoms with Crippen molar-refractivity contribution in [2.24, 2.45) is 0 Å². The van der Waals surface area contributed by atoms with E-state index in [0.717, 1.165) is 27.6 Å². The lowest BCUT2D eigenvalue weighted by Crippen LogP contribution is -2.20. The lowest BCUT2D eigenvalue weighted by atomic mass is 10.0. The molecule has 0 saturated carbocycles. The van der Waals surface area contributed by atoms with Crippen LogP contribution >= 0.6 is 0 Å². The van der Waals surface area contributed by atoms with Gasteiger partial charge >= 0.3 is 0 Å². The molecule has 0 bridgehead atoms. The minimum atomic E-state index is -0.369. The fraction of sp³-hybridized carbons (Fsp3) is 0.185. The molecule has 9 nitrogen and oxygen atoms in total. The molecule has 0 radical (unpaired) electrons. The van der Waals surface area contributed by atoms with Crippen molar-refractivity contribution in [1.29, 1.82) is 5.26 Å². The van der Waals surface area contributed by atoms with E-state index in [1.54, 1.807) is 12.1 Å². The molecule has 9 heteroatoms. The highest BCUT2D eigenvalue weighted by Crippen LogP contribution is 2.26. The Kier molecular flexibility index (Phi) is 5.78. The normalized spacial score (nSPS) is 11.1. The molecule has 1 amide bonds. The number of aromatic amines is 1. The van der Waals surface area contributed by atoms with Crippen LogP contribution in [0.5, 0.6) is 0 Å². The van der Waals surface area contributed by atoms with E-state index in [9.17, 15) is 14.9 Å². The van der Waals surface area contributed by atoms with Crippen LogP contribution in [0.4, 0.5) is 5.82 Å². The topological polar surface area (TPSA) is 129 Å². The molecule has 2 N–H and O–H groups in total. The van der Waals surface area contributed by atoms with Gasteiger partial charge in [-0.15, -0.1) is 0 Å². The standard InChI is InChI=1S/C27H23N7O2/c1-15-10-17(3)25-19(11-15)16(2)12-23(32-25)34-26(18(13-28)14-29-34)33-24(35)9-8-22-27(36)31-21-7-5-4-6-20(21)30-22/h4-7,10-12,14H,8-9H2,1-3H3,(H,31,36)(H,33,35). The van der Waals surface area contributed by atoms with E-state index in [0.29, 0.717) is 16.9 Å². The summed E-state index contributed by atoms with van der Waals surface area (Å²) in [4.78, 5) is 37.2. The average molecular weight is 478 g/mol. The minimum Gasteiger partial charge on any atom is -0.319 e. The number of pyridine rings is 1. The van der Waals surface area contributed by atoms with Gasteiger partial charge in [-0.2, -0.15) is 15.0 Å². The number of hydrogen-bond acceptors (Lipinski definition) is 6. The van der Waals surface area contributed by atoms with Crippen LogP contribution in [-0.4, -0.2) is 30.6 Å². The molecule has 0 fully saturated rings. The number of H-pyrrole nitrogens is 1. The van der Waals surface area contributed by atoms with Crippen LogP contribution in [0.25, 0.3) is 27.8 Å². The van der Waals surface area contributed by atoms with Gasteiger partial charge in [-0.3, -0.25) is 9.59 Å². The number of carbonyl (C=O) groups excluding carboxylic acids is 1. The Balaban J connectivity index is 1.43. The van der Waals surface area contributed by atoms with Gasteiger partial charge in [-0.25, -0.2) is 9.97 Å². The first-order valence-corrected chi connectivity index (χ1v) is 11.5. The van der Waals surface area contributed by atoms with E-state index >= 15 is 0 Å². The molecule has 0 aliphatic heterocycles. The van der Waals surface area contributed by atoms with Crippen LogP contribution in [0.15, 0.2) is 53.5 Å². The number of anilines is 1. The van der Waals surface area contributed by atoms with E-state index in [-0.39, 0.29) is 41.4 Å². The van der Waals surface area contributed by atoms with Gasteiger partial charge in [-0.1, -0.05) is 23.8 Å². The van der Waals surface area contributed by atoms with E-state index in [2.05, 4.69) is 38.6 Å². The maximum Gasteiger partial charge on any atom is 0.270 e. The van der Waals surface area contributed by atoms with Crippen LogP contribution in [0.3, 0.4) is 0 Å². The summed E-state index contributed by atoms with van der Waals surface area (Å²) < 4.78 is 1.46. The van der Waals surface area contributed by atoms with Crippen molar-refractivity contribution in [2.45, 2.75) is 33.6 Å². The quantitative estimate of drug-likeness (QED) is 0.393. The number of nitriles is 1. The molecule has 0 spiro atoms. The van der Waals surface area contributed by atoms with E-state index < -0.39 is 0 Å². The Labute approximate surface area is 206 Å². The molecule has 0 atom stereocenters. The second kappa shape index (κ2) is 9.07. The highest BCUT2D eigenvalue weighted by Gasteiger charge is 2.18. The molecular weight excluding hydrogens is 454 g/mol. The van der Waals surface area contributed by atoms with Crippen molar-refractivity contribution >= 4 is 33.7 Å². The summed E-state index contributed by atoms with van der Waals surface area (Å²) in [7, 11) is 0. The maximum atomic E-state index is 12.9. The third-order valence-corrected chi connectivity index (χ3v) is 6.06. The molecule has 178 valence electrons. The number of aromatic nitrogens is 5. The zero-order chi connectivity index (χ0) is 25.4. The molecule has 0 aliphatic carbocycles. The predicted molar refractivity (Wildman–Crippen MR) is 137 cm³/mol. The monoisotopic (exact) mass is 477 g/mol. The Hall–Kier alpha value is -4.84. The molecule has 0 unspecified atom stereocenters. The zero-order valence-electron chi connectivity index (χ0n) is 20.1. The number of aryl methyl sites for hydroxylation is 4. The summed E-state index contributed by atoms with van der Waals surface area (Å²) in [5.41, 5.74) is 5.48. The summed E-state index contributed by atoms with van der Waals surface area (Å²) in [5.74, 6) is 0.363. The Morgan fingerprint density at radius 1 is 1.11 bits per heavy atom. The minimum absolute atomic E-state index is 0.00697. The fourth-order valence-corrected chi connectivity index (χ4v) is 4.32. The fourth-order valence-electron chi connectivity index (χ4n) is 4.32. The van der Waals surface area contributed by atoms with E-state index in [1.807, 2.05) is 39.0 Å². The number of fused-ring (bicyclic) bond motifs is 2. The van der Waals surface area contributed by atoms with Crippen LogP contribution in [0, 0.1) is 32.1 Å². The number of carbonyl (C=O) groups is 1. The van der Waals surface area contributed by atoms with Gasteiger partial charge in [0.15, 0.2) is 11.6 Å². The first kappa shape index (κ1) is 22.9. The first-order valence-electron chi connectivity index (χ1n) is 11.5. The smallest absolute Gasteiger partial charge is 0.270 e. The SMILES string of the molecule is Cc1cc(C)c2nc(-n3ncc(C#N)c3NC(=O)CCc3nc4ccccc4[nH]c3=O)cc(C)c2c1. The van der Waals surface area contributed by atoms with Crippen molar-refractivity contribution in [1.82, 2.24) is 24.7 Å². The van der Waals surface area contributed by atoms with E-state index in [1.165, 1.54) is 10.9 Å². The molecule has 0 aliphatic rings. The van der Waals surface area contributed by atoms with Crippen molar-refractivity contribution in [3.05, 3.63) is 87.0 Å². The Morgan fingerprint density at radius 2 is 1.92 bits per heavy atom. The maximum absolute atomic E-state index is 12.9. The number of nitrogens with zero attached hydrogens (tertiary/aromatic N) is 5. The Morgan fingerprint density at radius 3 is 2.72 bits per heavy atom. The summed E-state index contributed by atoms with van der Waals surface area (Å²) in [6, 6.07) is 15.3. The molecule has 5 rings (SSSR count). The van der Waals surface area contributed by atoms with Crippen LogP contribution < -0.4 is 10.9 Å². The van der Waals surface area contributed by atoms with Gasteiger partial charge in [0.05, 0.1) is 22.7 Å². The first-order chi connectivity index (χ1) is 17.3. The lowest BCUT2D eigenvalue weighted by molar-refractivity contribution is -0.116. The van der Waals surface area contributed by atoms with Gasteiger partial charge in [0.25, 0.3) is 5.56 Å². The third kappa shape index (κ3) is 4.20. The Bertz CT molecular complexity index is 1760. The van der Waals surface area contributed by atoms with Gasteiger partial charge < -0.3 is 10.3 Å². The summed E-state index contributed by atoms with van der Waals surface area (Å²) in [6.07, 6.45) is 1.55. The molecule has 3 heterocycles. The van der Waals surface area contributed by atoms with Gasteiger partial charge in [-0.05, 0) is 56.2 Å². The molecule has 3 aromatic heterocycles. The summed E-state index contributed by atoms with van der Waals surface area (Å²) >= 11 is 0. The average Bonchev–Trinajstić information content (AvgIpc) is 3.25. The van der Waals surface area contributed by atoms with E-state index in [4.69, 9.17) is 4.98 Å². The predicted octanol–water partition coefficient (Wildman–Crippen LogP) is 4.03. The van der Waals surface area contributed by atoms with Crippen LogP contribution in [0.2, 0.25) is 0 Å². The summed E-state index contributed by atoms with van der Waals surface area (Å²) in [5, 5.41) is 17.8. The number of nitrogens with one attached hydrogen (secondary N) is 2. The van der Waals surface area contributed by atoms with Crippen molar-refractivity contribution in [3.63, 3.8) is 0 Å². The largest absolute Gasteiger partial charge is 0.319 e. The molecule has 2 aromatic carbocycles. The highest BCUT2D eigenvalue weighted by molar-refractivity contribution is 5.92. The second-order valence-electron chi connectivity index (χ2n) is 8.78. The van der Waals surface area contributed by atoms with Gasteiger partial charge in [0.2, 0.25) is 5.91 Å². The summed E-state index contributed by atoms with van der Waals surface area (Å²) in [6.45, 7) is 6.04. The number of para-hydroxylation sites is 2. The molecular formula is C27H23N7O2. The molecule has 0 saturated heterocycles. The number of hydrogen-bond donors (Lipinski definition) is 2. The third-order valence-electron chi connectivity index (χ3n) is 6.06. The van der Waals surface area contributed by atoms with Crippen LogP contribution in [0.1, 0.15) is 34.4 Å². The molecule has 5 aromatic rings. The second-order valence-corrected chi connectivity index (χ2v) is 8.78. The van der Waals surface area contributed by atoms with Crippen molar-refractivity contribution < 1.29 is 4.79 Å².